The van der Waals surface area contributed by atoms with Crippen LogP contribution in [-0.4, -0.2) is 46.0 Å². The monoisotopic (exact) mass is 299 g/mol. The lowest BCUT2D eigenvalue weighted by Crippen LogP contribution is -2.40. The van der Waals surface area contributed by atoms with Gasteiger partial charge >= 0.3 is 0 Å². The van der Waals surface area contributed by atoms with E-state index in [0.717, 1.165) is 0 Å². The number of rotatable bonds is 4. The molecular weight excluding hydrogens is 282 g/mol. The number of carbonyl (C=O) groups excluding carboxylic acids is 1. The SMILES string of the molecule is COc1ccc(S(=O)(=O)NC2CCN(C)C2=O)c(N)c1. The lowest BCUT2D eigenvalue weighted by Gasteiger charge is -2.14. The van der Waals surface area contributed by atoms with Crippen molar-refractivity contribution in [2.24, 2.45) is 0 Å². The van der Waals surface area contributed by atoms with Crippen LogP contribution >= 0.6 is 0 Å². The lowest BCUT2D eigenvalue weighted by molar-refractivity contribution is -0.127. The molecule has 0 saturated carbocycles. The normalized spacial score (nSPS) is 19.4. The number of likely N-dealkylation sites (tertiary alicyclic amines) is 1. The fourth-order valence-corrected chi connectivity index (χ4v) is 3.42. The molecule has 3 N–H and O–H groups in total. The second-order valence-electron chi connectivity index (χ2n) is 4.63. The van der Waals surface area contributed by atoms with Gasteiger partial charge in [-0.05, 0) is 18.6 Å². The van der Waals surface area contributed by atoms with Crippen LogP contribution in [0.1, 0.15) is 6.42 Å². The van der Waals surface area contributed by atoms with Gasteiger partial charge in [0.15, 0.2) is 0 Å². The van der Waals surface area contributed by atoms with E-state index in [9.17, 15) is 13.2 Å². The number of sulfonamides is 1. The Morgan fingerprint density at radius 1 is 1.45 bits per heavy atom. The fraction of sp³-hybridized carbons (Fsp3) is 0.417. The molecule has 1 aliphatic rings. The van der Waals surface area contributed by atoms with E-state index in [2.05, 4.69) is 4.72 Å². The van der Waals surface area contributed by atoms with Crippen molar-refractivity contribution < 1.29 is 17.9 Å². The first-order valence-corrected chi connectivity index (χ1v) is 7.54. The Morgan fingerprint density at radius 2 is 2.15 bits per heavy atom. The zero-order valence-electron chi connectivity index (χ0n) is 11.3. The van der Waals surface area contributed by atoms with Crippen LogP contribution < -0.4 is 15.2 Å². The second kappa shape index (κ2) is 5.29. The lowest BCUT2D eigenvalue weighted by atomic mass is 10.3. The number of methoxy groups -OCH3 is 1. The van der Waals surface area contributed by atoms with E-state index in [0.29, 0.717) is 18.7 Å². The Balaban J connectivity index is 2.25. The van der Waals surface area contributed by atoms with Gasteiger partial charge in [0.1, 0.15) is 16.7 Å². The Bertz CT molecular complexity index is 630. The Hall–Kier alpha value is -1.80. The van der Waals surface area contributed by atoms with E-state index in [1.165, 1.54) is 30.2 Å². The standard InChI is InChI=1S/C12H17N3O4S/c1-15-6-5-10(12(15)16)14-20(17,18)11-4-3-8(19-2)7-9(11)13/h3-4,7,10,14H,5-6,13H2,1-2H3. The molecule has 1 amide bonds. The number of anilines is 1. The maximum Gasteiger partial charge on any atom is 0.243 e. The van der Waals surface area contributed by atoms with Gasteiger partial charge in [0.05, 0.1) is 12.8 Å². The number of carbonyl (C=O) groups is 1. The van der Waals surface area contributed by atoms with E-state index >= 15 is 0 Å². The van der Waals surface area contributed by atoms with Crippen molar-refractivity contribution in [3.63, 3.8) is 0 Å². The molecule has 1 aliphatic heterocycles. The summed E-state index contributed by atoms with van der Waals surface area (Å²) in [6.45, 7) is 0.532. The van der Waals surface area contributed by atoms with Crippen molar-refractivity contribution in [2.45, 2.75) is 17.4 Å². The minimum Gasteiger partial charge on any atom is -0.497 e. The number of nitrogens with one attached hydrogen (secondary N) is 1. The summed E-state index contributed by atoms with van der Waals surface area (Å²) < 4.78 is 31.9. The van der Waals surface area contributed by atoms with Gasteiger partial charge in [0.2, 0.25) is 15.9 Å². The molecular formula is C12H17N3O4S. The van der Waals surface area contributed by atoms with Gasteiger partial charge in [0.25, 0.3) is 0 Å². The van der Waals surface area contributed by atoms with Crippen LogP contribution in [0.2, 0.25) is 0 Å². The third-order valence-electron chi connectivity index (χ3n) is 3.23. The topological polar surface area (TPSA) is 102 Å². The number of hydrogen-bond donors (Lipinski definition) is 2. The number of nitrogen functional groups attached to an aromatic ring is 1. The van der Waals surface area contributed by atoms with Crippen molar-refractivity contribution in [3.8, 4) is 5.75 Å². The molecule has 8 heteroatoms. The van der Waals surface area contributed by atoms with Gasteiger partial charge in [-0.25, -0.2) is 8.42 Å². The van der Waals surface area contributed by atoms with Crippen LogP contribution in [0.15, 0.2) is 23.1 Å². The number of likely N-dealkylation sites (N-methyl/N-ethyl adjacent to an activating group) is 1. The molecule has 1 atom stereocenters. The summed E-state index contributed by atoms with van der Waals surface area (Å²) >= 11 is 0. The highest BCUT2D eigenvalue weighted by Gasteiger charge is 2.33. The Labute approximate surface area is 117 Å². The number of amides is 1. The van der Waals surface area contributed by atoms with Gasteiger partial charge in [-0.1, -0.05) is 0 Å². The summed E-state index contributed by atoms with van der Waals surface area (Å²) in [7, 11) is -0.730. The van der Waals surface area contributed by atoms with Gasteiger partial charge in [-0.2, -0.15) is 4.72 Å². The average Bonchev–Trinajstić information content (AvgIpc) is 2.69. The largest absolute Gasteiger partial charge is 0.497 e. The van der Waals surface area contributed by atoms with Gasteiger partial charge < -0.3 is 15.4 Å². The van der Waals surface area contributed by atoms with Crippen LogP contribution in [0.5, 0.6) is 5.75 Å². The smallest absolute Gasteiger partial charge is 0.243 e. The molecule has 1 aromatic carbocycles. The molecule has 1 aromatic rings. The minimum atomic E-state index is -3.83. The zero-order valence-corrected chi connectivity index (χ0v) is 12.1. The van der Waals surface area contributed by atoms with Crippen molar-refractivity contribution in [3.05, 3.63) is 18.2 Å². The predicted octanol–water partition coefficient (Wildman–Crippen LogP) is -0.214. The number of ether oxygens (including phenoxy) is 1. The summed E-state index contributed by atoms with van der Waals surface area (Å²) in [6, 6.07) is 3.57. The molecule has 2 rings (SSSR count). The maximum atomic E-state index is 12.3. The number of nitrogens with zero attached hydrogens (tertiary/aromatic N) is 1. The van der Waals surface area contributed by atoms with Crippen LogP contribution in [0.25, 0.3) is 0 Å². The minimum absolute atomic E-state index is 0.0550. The van der Waals surface area contributed by atoms with E-state index in [-0.39, 0.29) is 16.5 Å². The van der Waals surface area contributed by atoms with Crippen molar-refractivity contribution in [2.75, 3.05) is 26.4 Å². The first-order chi connectivity index (χ1) is 9.35. The summed E-state index contributed by atoms with van der Waals surface area (Å²) in [5.41, 5.74) is 5.80. The van der Waals surface area contributed by atoms with Gasteiger partial charge in [-0.3, -0.25) is 4.79 Å². The Kier molecular flexibility index (Phi) is 3.87. The van der Waals surface area contributed by atoms with Crippen LogP contribution in [-0.2, 0) is 14.8 Å². The Morgan fingerprint density at radius 3 is 2.65 bits per heavy atom. The molecule has 0 bridgehead atoms. The molecule has 110 valence electrons. The van der Waals surface area contributed by atoms with Crippen molar-refractivity contribution >= 4 is 21.6 Å². The molecule has 0 aromatic heterocycles. The highest BCUT2D eigenvalue weighted by atomic mass is 32.2. The van der Waals surface area contributed by atoms with Crippen LogP contribution in [0.4, 0.5) is 5.69 Å². The highest BCUT2D eigenvalue weighted by Crippen LogP contribution is 2.24. The first-order valence-electron chi connectivity index (χ1n) is 6.06. The fourth-order valence-electron chi connectivity index (χ4n) is 2.08. The molecule has 0 spiro atoms. The van der Waals surface area contributed by atoms with E-state index in [1.54, 1.807) is 7.05 Å². The molecule has 1 heterocycles. The van der Waals surface area contributed by atoms with E-state index in [1.807, 2.05) is 0 Å². The summed E-state index contributed by atoms with van der Waals surface area (Å²) in [4.78, 5) is 13.2. The maximum absolute atomic E-state index is 12.3. The number of benzene rings is 1. The quantitative estimate of drug-likeness (QED) is 0.749. The summed E-state index contributed by atoms with van der Waals surface area (Å²) in [6.07, 6.45) is 0.449. The molecule has 1 unspecified atom stereocenters. The molecule has 1 saturated heterocycles. The molecule has 0 radical (unpaired) electrons. The van der Waals surface area contributed by atoms with Gasteiger partial charge in [0, 0.05) is 19.7 Å². The third-order valence-corrected chi connectivity index (χ3v) is 4.78. The van der Waals surface area contributed by atoms with Crippen LogP contribution in [0, 0.1) is 0 Å². The first kappa shape index (κ1) is 14.6. The van der Waals surface area contributed by atoms with Crippen molar-refractivity contribution in [1.82, 2.24) is 9.62 Å². The van der Waals surface area contributed by atoms with Gasteiger partial charge in [-0.15, -0.1) is 0 Å². The molecule has 20 heavy (non-hydrogen) atoms. The van der Waals surface area contributed by atoms with Crippen molar-refractivity contribution in [1.29, 1.82) is 0 Å². The van der Waals surface area contributed by atoms with Crippen LogP contribution in [0.3, 0.4) is 0 Å². The molecule has 0 aliphatic carbocycles. The highest BCUT2D eigenvalue weighted by molar-refractivity contribution is 7.89. The number of nitrogens with two attached hydrogens (primary N) is 1. The molecule has 7 nitrogen and oxygen atoms in total. The second-order valence-corrected chi connectivity index (χ2v) is 6.31. The summed E-state index contributed by atoms with van der Waals surface area (Å²) in [5, 5.41) is 0. The molecule has 1 fully saturated rings. The van der Waals surface area contributed by atoms with E-state index in [4.69, 9.17) is 10.5 Å². The summed E-state index contributed by atoms with van der Waals surface area (Å²) in [5.74, 6) is 0.235. The van der Waals surface area contributed by atoms with E-state index < -0.39 is 16.1 Å². The third kappa shape index (κ3) is 2.70. The zero-order chi connectivity index (χ0) is 14.9. The predicted molar refractivity (Wildman–Crippen MR) is 73.8 cm³/mol. The number of hydrogen-bond acceptors (Lipinski definition) is 5. The average molecular weight is 299 g/mol.